The highest BCUT2D eigenvalue weighted by atomic mass is 32.1. The number of nitrogens with zero attached hydrogens (tertiary/aromatic N) is 2. The molecule has 0 aliphatic rings. The van der Waals surface area contributed by atoms with Crippen LogP contribution in [0.25, 0.3) is 0 Å². The summed E-state index contributed by atoms with van der Waals surface area (Å²) in [5.41, 5.74) is 2.72. The number of hydrogen-bond acceptors (Lipinski definition) is 5. The largest absolute Gasteiger partial charge is 0.422 e. The second kappa shape index (κ2) is 7.49. The number of hydrogen-bond donors (Lipinski definition) is 0. The zero-order valence-electron chi connectivity index (χ0n) is 14.7. The molecule has 2 aromatic carbocycles. The van der Waals surface area contributed by atoms with E-state index in [9.17, 15) is 9.59 Å². The van der Waals surface area contributed by atoms with Crippen LogP contribution < -0.4 is 9.64 Å². The molecule has 0 atom stereocenters. The first-order valence-corrected chi connectivity index (χ1v) is 8.91. The monoisotopic (exact) mass is 366 g/mol. The van der Waals surface area contributed by atoms with Crippen LogP contribution in [0.4, 0.5) is 5.69 Å². The third-order valence-corrected chi connectivity index (χ3v) is 4.64. The summed E-state index contributed by atoms with van der Waals surface area (Å²) in [4.78, 5) is 30.2. The molecule has 132 valence electrons. The Kier molecular flexibility index (Phi) is 5.14. The van der Waals surface area contributed by atoms with Crippen molar-refractivity contribution in [2.24, 2.45) is 0 Å². The maximum atomic E-state index is 12.5. The zero-order valence-corrected chi connectivity index (χ0v) is 15.5. The second-order valence-electron chi connectivity index (χ2n) is 5.87. The van der Waals surface area contributed by atoms with Crippen LogP contribution in [0.1, 0.15) is 31.4 Å². The zero-order chi connectivity index (χ0) is 18.7. The number of carbonyl (C=O) groups excluding carboxylic acids is 2. The van der Waals surface area contributed by atoms with Gasteiger partial charge in [0.25, 0.3) is 5.91 Å². The first-order chi connectivity index (χ1) is 12.4. The molecule has 0 aliphatic heterocycles. The summed E-state index contributed by atoms with van der Waals surface area (Å²) in [5, 5.41) is 2.48. The Balaban J connectivity index is 1.69. The molecule has 1 aromatic heterocycles. The number of thiazole rings is 1. The van der Waals surface area contributed by atoms with Gasteiger partial charge in [-0.25, -0.2) is 9.78 Å². The molecular formula is C20H18N2O3S. The molecule has 0 N–H and O–H groups in total. The highest BCUT2D eigenvalue weighted by Gasteiger charge is 2.15. The summed E-state index contributed by atoms with van der Waals surface area (Å²) >= 11 is 1.40. The van der Waals surface area contributed by atoms with Crippen LogP contribution in [0.2, 0.25) is 0 Å². The number of amides is 1. The van der Waals surface area contributed by atoms with E-state index < -0.39 is 5.97 Å². The molecule has 0 radical (unpaired) electrons. The molecule has 3 rings (SSSR count). The topological polar surface area (TPSA) is 59.5 Å². The van der Waals surface area contributed by atoms with Crippen molar-refractivity contribution in [3.05, 3.63) is 75.7 Å². The predicted octanol–water partition coefficient (Wildman–Crippen LogP) is 4.26. The number of anilines is 1. The summed E-state index contributed by atoms with van der Waals surface area (Å²) in [6.07, 6.45) is 0. The maximum absolute atomic E-state index is 12.5. The summed E-state index contributed by atoms with van der Waals surface area (Å²) in [6, 6.07) is 14.2. The molecule has 3 aromatic rings. The Morgan fingerprint density at radius 3 is 2.23 bits per heavy atom. The molecule has 0 unspecified atom stereocenters. The molecule has 1 amide bonds. The number of aryl methyl sites for hydroxylation is 2. The van der Waals surface area contributed by atoms with E-state index in [4.69, 9.17) is 4.74 Å². The van der Waals surface area contributed by atoms with Crippen LogP contribution in [0, 0.1) is 13.8 Å². The van der Waals surface area contributed by atoms with Crippen molar-refractivity contribution in [2.45, 2.75) is 13.8 Å². The van der Waals surface area contributed by atoms with E-state index >= 15 is 0 Å². The van der Waals surface area contributed by atoms with Gasteiger partial charge in [-0.1, -0.05) is 17.7 Å². The first-order valence-electron chi connectivity index (χ1n) is 8.03. The average Bonchev–Trinajstić information content (AvgIpc) is 3.08. The van der Waals surface area contributed by atoms with Crippen molar-refractivity contribution in [2.75, 3.05) is 11.9 Å². The molecule has 0 saturated heterocycles. The van der Waals surface area contributed by atoms with Crippen LogP contribution in [0.15, 0.2) is 53.9 Å². The number of benzene rings is 2. The van der Waals surface area contributed by atoms with Crippen LogP contribution in [-0.2, 0) is 0 Å². The molecule has 0 aliphatic carbocycles. The lowest BCUT2D eigenvalue weighted by atomic mass is 10.1. The Bertz CT molecular complexity index is 930. The lowest BCUT2D eigenvalue weighted by Crippen LogP contribution is -2.26. The maximum Gasteiger partial charge on any atom is 0.363 e. The van der Waals surface area contributed by atoms with Gasteiger partial charge in [-0.15, -0.1) is 11.3 Å². The number of aromatic nitrogens is 1. The number of esters is 1. The molecule has 0 spiro atoms. The van der Waals surface area contributed by atoms with Crippen molar-refractivity contribution < 1.29 is 14.3 Å². The summed E-state index contributed by atoms with van der Waals surface area (Å²) in [7, 11) is 1.71. The SMILES string of the molecule is Cc1ccc(C(=O)N(C)c2ccc(OC(=O)c3csc(C)n3)cc2)cc1. The van der Waals surface area contributed by atoms with Gasteiger partial charge in [0.1, 0.15) is 5.75 Å². The van der Waals surface area contributed by atoms with Crippen LogP contribution in [-0.4, -0.2) is 23.9 Å². The van der Waals surface area contributed by atoms with E-state index in [-0.39, 0.29) is 5.91 Å². The fraction of sp³-hybridized carbons (Fsp3) is 0.150. The molecule has 5 nitrogen and oxygen atoms in total. The van der Waals surface area contributed by atoms with E-state index in [1.807, 2.05) is 26.0 Å². The Morgan fingerprint density at radius 2 is 1.65 bits per heavy atom. The van der Waals surface area contributed by atoms with Crippen molar-refractivity contribution in [1.82, 2.24) is 4.98 Å². The van der Waals surface area contributed by atoms with E-state index in [0.29, 0.717) is 22.7 Å². The first kappa shape index (κ1) is 17.8. The molecule has 1 heterocycles. The van der Waals surface area contributed by atoms with Gasteiger partial charge in [-0.2, -0.15) is 0 Å². The van der Waals surface area contributed by atoms with Gasteiger partial charge in [0.15, 0.2) is 5.69 Å². The second-order valence-corrected chi connectivity index (χ2v) is 6.93. The molecule has 0 bridgehead atoms. The minimum Gasteiger partial charge on any atom is -0.422 e. The Hall–Kier alpha value is -2.99. The van der Waals surface area contributed by atoms with Crippen molar-refractivity contribution in [3.8, 4) is 5.75 Å². The van der Waals surface area contributed by atoms with Gasteiger partial charge in [0, 0.05) is 23.7 Å². The van der Waals surface area contributed by atoms with E-state index in [1.54, 1.807) is 53.7 Å². The highest BCUT2D eigenvalue weighted by molar-refractivity contribution is 7.09. The van der Waals surface area contributed by atoms with Crippen LogP contribution in [0.5, 0.6) is 5.75 Å². The van der Waals surface area contributed by atoms with Crippen LogP contribution >= 0.6 is 11.3 Å². The summed E-state index contributed by atoms with van der Waals surface area (Å²) in [5.74, 6) is -0.195. The fourth-order valence-corrected chi connectivity index (χ4v) is 2.94. The summed E-state index contributed by atoms with van der Waals surface area (Å²) < 4.78 is 5.31. The van der Waals surface area contributed by atoms with Gasteiger partial charge < -0.3 is 9.64 Å². The average molecular weight is 366 g/mol. The van der Waals surface area contributed by atoms with E-state index in [0.717, 1.165) is 10.6 Å². The number of rotatable bonds is 4. The minimum absolute atomic E-state index is 0.104. The highest BCUT2D eigenvalue weighted by Crippen LogP contribution is 2.21. The van der Waals surface area contributed by atoms with Gasteiger partial charge in [0.2, 0.25) is 0 Å². The van der Waals surface area contributed by atoms with E-state index in [1.165, 1.54) is 11.3 Å². The summed E-state index contributed by atoms with van der Waals surface area (Å²) in [6.45, 7) is 3.81. The molecule has 26 heavy (non-hydrogen) atoms. The van der Waals surface area contributed by atoms with Gasteiger partial charge in [-0.3, -0.25) is 4.79 Å². The van der Waals surface area contributed by atoms with Crippen LogP contribution in [0.3, 0.4) is 0 Å². The lowest BCUT2D eigenvalue weighted by Gasteiger charge is -2.18. The molecule has 6 heteroatoms. The van der Waals surface area contributed by atoms with Crippen molar-refractivity contribution in [1.29, 1.82) is 0 Å². The number of carbonyl (C=O) groups is 2. The molecule has 0 saturated carbocycles. The Morgan fingerprint density at radius 1 is 1.00 bits per heavy atom. The molecular weight excluding hydrogens is 348 g/mol. The Labute approximate surface area is 155 Å². The lowest BCUT2D eigenvalue weighted by molar-refractivity contribution is 0.0729. The van der Waals surface area contributed by atoms with Gasteiger partial charge in [-0.05, 0) is 50.2 Å². The molecule has 0 fully saturated rings. The third kappa shape index (κ3) is 3.97. The minimum atomic E-state index is -0.494. The normalized spacial score (nSPS) is 10.4. The number of ether oxygens (including phenoxy) is 1. The van der Waals surface area contributed by atoms with Crippen molar-refractivity contribution >= 4 is 28.9 Å². The van der Waals surface area contributed by atoms with Gasteiger partial charge in [0.05, 0.1) is 5.01 Å². The standard InChI is InChI=1S/C20H18N2O3S/c1-13-4-6-15(7-5-13)19(23)22(3)16-8-10-17(11-9-16)25-20(24)18-12-26-14(2)21-18/h4-12H,1-3H3. The smallest absolute Gasteiger partial charge is 0.363 e. The quantitative estimate of drug-likeness (QED) is 0.511. The predicted molar refractivity (Wildman–Crippen MR) is 102 cm³/mol. The third-order valence-electron chi connectivity index (χ3n) is 3.87. The fourth-order valence-electron chi connectivity index (χ4n) is 2.36. The van der Waals surface area contributed by atoms with Crippen molar-refractivity contribution in [3.63, 3.8) is 0 Å². The van der Waals surface area contributed by atoms with E-state index in [2.05, 4.69) is 4.98 Å². The van der Waals surface area contributed by atoms with Gasteiger partial charge >= 0.3 is 5.97 Å².